The van der Waals surface area contributed by atoms with Crippen LogP contribution < -0.4 is 5.32 Å². The Morgan fingerprint density at radius 1 is 1.50 bits per heavy atom. The van der Waals surface area contributed by atoms with Gasteiger partial charge in [0.05, 0.1) is 0 Å². The average molecular weight is 211 g/mol. The van der Waals surface area contributed by atoms with Crippen LogP contribution in [0.15, 0.2) is 11.6 Å². The summed E-state index contributed by atoms with van der Waals surface area (Å²) in [5.74, 6) is -4.01. The highest BCUT2D eigenvalue weighted by Crippen LogP contribution is 2.27. The molecule has 1 fully saturated rings. The van der Waals surface area contributed by atoms with Crippen LogP contribution in [0, 0.1) is 0 Å². The molecule has 1 nitrogen and oxygen atoms in total. The summed E-state index contributed by atoms with van der Waals surface area (Å²) in [6, 6.07) is -0.167. The number of nitrogens with one attached hydrogen (secondary N) is 1. The quantitative estimate of drug-likeness (QED) is 0.559. The van der Waals surface area contributed by atoms with E-state index in [1.54, 1.807) is 0 Å². The van der Waals surface area contributed by atoms with Gasteiger partial charge in [0, 0.05) is 6.04 Å². The van der Waals surface area contributed by atoms with Gasteiger partial charge >= 0.3 is 12.3 Å². The molecule has 1 heterocycles. The van der Waals surface area contributed by atoms with Crippen LogP contribution in [-0.2, 0) is 0 Å². The van der Waals surface area contributed by atoms with E-state index in [2.05, 4.69) is 5.32 Å². The van der Waals surface area contributed by atoms with E-state index >= 15 is 0 Å². The molecule has 1 atom stereocenters. The van der Waals surface area contributed by atoms with Crippen LogP contribution in [0.5, 0.6) is 0 Å². The van der Waals surface area contributed by atoms with E-state index in [9.17, 15) is 17.6 Å². The van der Waals surface area contributed by atoms with E-state index < -0.39 is 12.3 Å². The number of hydrogen-bond acceptors (Lipinski definition) is 1. The van der Waals surface area contributed by atoms with E-state index in [4.69, 9.17) is 0 Å². The molecular formula is C9H13F4N. The molecule has 5 heteroatoms. The molecule has 0 aliphatic carbocycles. The predicted molar refractivity (Wildman–Crippen MR) is 45.7 cm³/mol. The van der Waals surface area contributed by atoms with Gasteiger partial charge < -0.3 is 5.32 Å². The van der Waals surface area contributed by atoms with Crippen LogP contribution in [0.3, 0.4) is 0 Å². The van der Waals surface area contributed by atoms with Gasteiger partial charge in [0.25, 0.3) is 0 Å². The minimum absolute atomic E-state index is 0.167. The Morgan fingerprint density at radius 3 is 2.57 bits per heavy atom. The highest BCUT2D eigenvalue weighted by Gasteiger charge is 2.38. The molecule has 0 radical (unpaired) electrons. The van der Waals surface area contributed by atoms with Crippen molar-refractivity contribution in [1.29, 1.82) is 0 Å². The van der Waals surface area contributed by atoms with Gasteiger partial charge in [0.1, 0.15) is 0 Å². The van der Waals surface area contributed by atoms with E-state index in [1.165, 1.54) is 6.92 Å². The summed E-state index contributed by atoms with van der Waals surface area (Å²) in [5, 5.41) is 2.97. The van der Waals surface area contributed by atoms with Crippen LogP contribution in [-0.4, -0.2) is 24.9 Å². The normalized spacial score (nSPS) is 24.7. The number of hydrogen-bond donors (Lipinski definition) is 1. The van der Waals surface area contributed by atoms with Crippen molar-refractivity contribution in [3.05, 3.63) is 11.6 Å². The maximum atomic E-state index is 12.6. The van der Waals surface area contributed by atoms with Crippen molar-refractivity contribution >= 4 is 0 Å². The molecule has 14 heavy (non-hydrogen) atoms. The molecule has 1 aliphatic rings. The summed E-state index contributed by atoms with van der Waals surface area (Å²) in [6.07, 6.45) is -1.61. The molecule has 0 bridgehead atoms. The Bertz CT molecular complexity index is 219. The number of halogens is 4. The maximum absolute atomic E-state index is 12.6. The van der Waals surface area contributed by atoms with Gasteiger partial charge in [-0.05, 0) is 32.4 Å². The molecule has 1 rings (SSSR count). The first-order valence-electron chi connectivity index (χ1n) is 4.52. The predicted octanol–water partition coefficient (Wildman–Crippen LogP) is 2.59. The van der Waals surface area contributed by atoms with Gasteiger partial charge in [-0.15, -0.1) is 0 Å². The monoisotopic (exact) mass is 211 g/mol. The third-order valence-electron chi connectivity index (χ3n) is 2.32. The summed E-state index contributed by atoms with van der Waals surface area (Å²) >= 11 is 0. The summed E-state index contributed by atoms with van der Waals surface area (Å²) in [7, 11) is 0. The van der Waals surface area contributed by atoms with Gasteiger partial charge in [0.2, 0.25) is 0 Å². The van der Waals surface area contributed by atoms with Crippen molar-refractivity contribution in [2.45, 2.75) is 38.2 Å². The molecule has 1 aliphatic heterocycles. The van der Waals surface area contributed by atoms with Gasteiger partial charge in [-0.1, -0.05) is 5.57 Å². The first-order valence-corrected chi connectivity index (χ1v) is 4.52. The lowest BCUT2D eigenvalue weighted by Crippen LogP contribution is -2.28. The van der Waals surface area contributed by atoms with Crippen LogP contribution >= 0.6 is 0 Å². The standard InChI is InChI=1S/C9H13F4N/c1-6(7-3-2-4-14-7)5-9(12,13)8(10)11/h5,7-8,14H,2-4H2,1H3/b6-5+. The summed E-state index contributed by atoms with van der Waals surface area (Å²) < 4.78 is 48.9. The minimum Gasteiger partial charge on any atom is -0.310 e. The minimum atomic E-state index is -4.01. The fraction of sp³-hybridized carbons (Fsp3) is 0.778. The zero-order chi connectivity index (χ0) is 10.8. The summed E-state index contributed by atoms with van der Waals surface area (Å²) in [4.78, 5) is 0. The zero-order valence-corrected chi connectivity index (χ0v) is 7.87. The largest absolute Gasteiger partial charge is 0.326 e. The molecule has 1 unspecified atom stereocenters. The molecule has 0 aromatic rings. The van der Waals surface area contributed by atoms with Crippen molar-refractivity contribution in [2.75, 3.05) is 6.54 Å². The van der Waals surface area contributed by atoms with E-state index in [0.29, 0.717) is 11.6 Å². The lowest BCUT2D eigenvalue weighted by atomic mass is 10.1. The van der Waals surface area contributed by atoms with Crippen molar-refractivity contribution in [3.63, 3.8) is 0 Å². The van der Waals surface area contributed by atoms with E-state index in [1.807, 2.05) is 0 Å². The Hall–Kier alpha value is -0.580. The molecule has 0 spiro atoms. The second-order valence-corrected chi connectivity index (χ2v) is 3.51. The maximum Gasteiger partial charge on any atom is 0.326 e. The molecule has 0 aromatic heterocycles. The average Bonchev–Trinajstić information content (AvgIpc) is 2.54. The molecule has 82 valence electrons. The van der Waals surface area contributed by atoms with Gasteiger partial charge in [-0.2, -0.15) is 8.78 Å². The topological polar surface area (TPSA) is 12.0 Å². The zero-order valence-electron chi connectivity index (χ0n) is 7.87. The lowest BCUT2D eigenvalue weighted by Gasteiger charge is -2.15. The van der Waals surface area contributed by atoms with Crippen molar-refractivity contribution in [3.8, 4) is 0 Å². The summed E-state index contributed by atoms with van der Waals surface area (Å²) in [6.45, 7) is 2.22. The third-order valence-corrected chi connectivity index (χ3v) is 2.32. The highest BCUT2D eigenvalue weighted by atomic mass is 19.3. The lowest BCUT2D eigenvalue weighted by molar-refractivity contribution is -0.0913. The van der Waals surface area contributed by atoms with Gasteiger partial charge in [0.15, 0.2) is 0 Å². The van der Waals surface area contributed by atoms with Crippen LogP contribution in [0.2, 0.25) is 0 Å². The molecule has 0 aromatic carbocycles. The number of rotatable bonds is 3. The van der Waals surface area contributed by atoms with E-state index in [-0.39, 0.29) is 6.04 Å². The molecule has 0 amide bonds. The van der Waals surface area contributed by atoms with Crippen molar-refractivity contribution < 1.29 is 17.6 Å². The Labute approximate surface area is 80.2 Å². The second kappa shape index (κ2) is 4.29. The van der Waals surface area contributed by atoms with Crippen molar-refractivity contribution in [1.82, 2.24) is 5.32 Å². The Kier molecular flexibility index (Phi) is 3.53. The molecule has 1 saturated heterocycles. The number of allylic oxidation sites excluding steroid dienone is 1. The van der Waals surface area contributed by atoms with Gasteiger partial charge in [-0.3, -0.25) is 0 Å². The van der Waals surface area contributed by atoms with Crippen LogP contribution in [0.25, 0.3) is 0 Å². The Morgan fingerprint density at radius 2 is 2.14 bits per heavy atom. The second-order valence-electron chi connectivity index (χ2n) is 3.51. The molecular weight excluding hydrogens is 198 g/mol. The van der Waals surface area contributed by atoms with Gasteiger partial charge in [-0.25, -0.2) is 8.78 Å². The fourth-order valence-electron chi connectivity index (χ4n) is 1.54. The van der Waals surface area contributed by atoms with E-state index in [0.717, 1.165) is 19.4 Å². The van der Waals surface area contributed by atoms with Crippen LogP contribution in [0.4, 0.5) is 17.6 Å². The highest BCUT2D eigenvalue weighted by molar-refractivity contribution is 5.14. The Balaban J connectivity index is 2.66. The smallest absolute Gasteiger partial charge is 0.310 e. The molecule has 0 saturated carbocycles. The first-order chi connectivity index (χ1) is 6.43. The fourth-order valence-corrected chi connectivity index (χ4v) is 1.54. The summed E-state index contributed by atoms with van der Waals surface area (Å²) in [5.41, 5.74) is 0.299. The first kappa shape index (κ1) is 11.5. The third kappa shape index (κ3) is 2.70. The van der Waals surface area contributed by atoms with Crippen LogP contribution in [0.1, 0.15) is 19.8 Å². The SMILES string of the molecule is C/C(=C\C(F)(F)C(F)F)C1CCCN1. The van der Waals surface area contributed by atoms with Crippen molar-refractivity contribution in [2.24, 2.45) is 0 Å². The molecule has 1 N–H and O–H groups in total. The number of alkyl halides is 4.